The van der Waals surface area contributed by atoms with Gasteiger partial charge in [-0.1, -0.05) is 56.6 Å². The Labute approximate surface area is 167 Å². The number of carbonyl (C=O) groups excluding carboxylic acids is 1. The lowest BCUT2D eigenvalue weighted by Gasteiger charge is -2.22. The van der Waals surface area contributed by atoms with Crippen molar-refractivity contribution in [2.45, 2.75) is 38.6 Å². The number of aliphatic carboxylic acids is 1. The van der Waals surface area contributed by atoms with Gasteiger partial charge in [-0.15, -0.1) is 0 Å². The van der Waals surface area contributed by atoms with Crippen molar-refractivity contribution in [3.8, 4) is 0 Å². The van der Waals surface area contributed by atoms with E-state index in [4.69, 9.17) is 11.6 Å². The van der Waals surface area contributed by atoms with E-state index in [1.165, 1.54) is 12.1 Å². The zero-order valence-corrected chi connectivity index (χ0v) is 16.5. The Morgan fingerprint density at radius 1 is 1.18 bits per heavy atom. The minimum atomic E-state index is -1.09. The molecule has 0 aliphatic heterocycles. The Hall–Kier alpha value is -2.93. The van der Waals surface area contributed by atoms with Crippen molar-refractivity contribution >= 4 is 29.2 Å². The van der Waals surface area contributed by atoms with Crippen molar-refractivity contribution in [1.82, 2.24) is 5.32 Å². The number of hydrogen-bond donors (Lipinski definition) is 2. The second-order valence-corrected chi connectivity index (χ2v) is 7.82. The first-order chi connectivity index (χ1) is 13.0. The van der Waals surface area contributed by atoms with Gasteiger partial charge in [0, 0.05) is 12.1 Å². The van der Waals surface area contributed by atoms with Gasteiger partial charge in [0.25, 0.3) is 11.6 Å². The van der Waals surface area contributed by atoms with E-state index in [9.17, 15) is 24.8 Å². The molecule has 2 aromatic rings. The summed E-state index contributed by atoms with van der Waals surface area (Å²) in [4.78, 5) is 34.2. The average Bonchev–Trinajstić information content (AvgIpc) is 2.60. The van der Waals surface area contributed by atoms with Crippen LogP contribution in [0.15, 0.2) is 42.5 Å². The summed E-state index contributed by atoms with van der Waals surface area (Å²) in [5.74, 6) is -1.77. The topological polar surface area (TPSA) is 110 Å². The molecule has 1 amide bonds. The molecule has 0 aliphatic rings. The number of rotatable bonds is 6. The third kappa shape index (κ3) is 5.29. The number of halogens is 1. The largest absolute Gasteiger partial charge is 0.481 e. The van der Waals surface area contributed by atoms with E-state index in [0.29, 0.717) is 5.56 Å². The molecule has 0 spiro atoms. The summed E-state index contributed by atoms with van der Waals surface area (Å²) in [5.41, 5.74) is 1.25. The van der Waals surface area contributed by atoms with Gasteiger partial charge in [-0.2, -0.15) is 0 Å². The van der Waals surface area contributed by atoms with Crippen LogP contribution < -0.4 is 5.32 Å². The van der Waals surface area contributed by atoms with Gasteiger partial charge in [-0.05, 0) is 22.6 Å². The molecule has 0 bridgehead atoms. The standard InChI is InChI=1S/C20H21ClN2O5/c1-20(2,3)13-6-4-12(5-7-13)17(11-18(24)25)22-19(26)15-10-14(23(27)28)8-9-16(15)21/h4-10,17H,11H2,1-3H3,(H,22,26)(H,24,25). The van der Waals surface area contributed by atoms with E-state index in [1.807, 2.05) is 12.1 Å². The van der Waals surface area contributed by atoms with Crippen LogP contribution in [0.2, 0.25) is 5.02 Å². The second kappa shape index (κ2) is 8.39. The van der Waals surface area contributed by atoms with E-state index in [-0.39, 0.29) is 28.1 Å². The van der Waals surface area contributed by atoms with Crippen molar-refractivity contribution in [3.63, 3.8) is 0 Å². The molecule has 148 valence electrons. The monoisotopic (exact) mass is 404 g/mol. The number of non-ortho nitro benzene ring substituents is 1. The molecule has 8 heteroatoms. The Morgan fingerprint density at radius 2 is 1.79 bits per heavy atom. The summed E-state index contributed by atoms with van der Waals surface area (Å²) >= 11 is 6.00. The first-order valence-corrected chi connectivity index (χ1v) is 8.94. The summed E-state index contributed by atoms with van der Waals surface area (Å²) in [7, 11) is 0. The maximum atomic E-state index is 12.6. The molecule has 2 rings (SSSR count). The summed E-state index contributed by atoms with van der Waals surface area (Å²) in [6.07, 6.45) is -0.340. The third-order valence-electron chi connectivity index (χ3n) is 4.27. The van der Waals surface area contributed by atoms with Crippen molar-refractivity contribution in [2.24, 2.45) is 0 Å². The minimum Gasteiger partial charge on any atom is -0.481 e. The molecule has 2 N–H and O–H groups in total. The van der Waals surface area contributed by atoms with Gasteiger partial charge >= 0.3 is 5.97 Å². The van der Waals surface area contributed by atoms with Crippen LogP contribution in [0, 0.1) is 10.1 Å². The molecule has 1 unspecified atom stereocenters. The molecular formula is C20H21ClN2O5. The van der Waals surface area contributed by atoms with Crippen LogP contribution in [0.1, 0.15) is 54.7 Å². The maximum absolute atomic E-state index is 12.6. The van der Waals surface area contributed by atoms with Crippen molar-refractivity contribution < 1.29 is 19.6 Å². The Bertz CT molecular complexity index is 904. The minimum absolute atomic E-state index is 0.0419. The third-order valence-corrected chi connectivity index (χ3v) is 4.60. The van der Waals surface area contributed by atoms with Gasteiger partial charge in [0.15, 0.2) is 0 Å². The normalized spacial score (nSPS) is 12.3. The molecule has 0 radical (unpaired) electrons. The van der Waals surface area contributed by atoms with E-state index >= 15 is 0 Å². The van der Waals surface area contributed by atoms with Gasteiger partial charge in [0.2, 0.25) is 0 Å². The molecule has 0 aliphatic carbocycles. The fourth-order valence-electron chi connectivity index (χ4n) is 2.68. The smallest absolute Gasteiger partial charge is 0.305 e. The van der Waals surface area contributed by atoms with Crippen LogP contribution in [0.5, 0.6) is 0 Å². The molecule has 0 saturated carbocycles. The molecule has 0 aromatic heterocycles. The van der Waals surface area contributed by atoms with Gasteiger partial charge in [-0.25, -0.2) is 0 Å². The van der Waals surface area contributed by atoms with E-state index < -0.39 is 22.8 Å². The predicted octanol–water partition coefficient (Wildman–Crippen LogP) is 4.49. The number of nitrogens with one attached hydrogen (secondary N) is 1. The first-order valence-electron chi connectivity index (χ1n) is 8.56. The van der Waals surface area contributed by atoms with Gasteiger partial charge < -0.3 is 10.4 Å². The van der Waals surface area contributed by atoms with Gasteiger partial charge in [0.1, 0.15) is 0 Å². The van der Waals surface area contributed by atoms with Crippen LogP contribution >= 0.6 is 11.6 Å². The highest BCUT2D eigenvalue weighted by Gasteiger charge is 2.23. The van der Waals surface area contributed by atoms with Crippen LogP contribution in [0.4, 0.5) is 5.69 Å². The number of carbonyl (C=O) groups is 2. The Balaban J connectivity index is 2.32. The van der Waals surface area contributed by atoms with E-state index in [0.717, 1.165) is 11.6 Å². The van der Waals surface area contributed by atoms with E-state index in [2.05, 4.69) is 26.1 Å². The van der Waals surface area contributed by atoms with Crippen LogP contribution in [0.25, 0.3) is 0 Å². The zero-order valence-electron chi connectivity index (χ0n) is 15.7. The molecule has 1 atom stereocenters. The summed E-state index contributed by atoms with van der Waals surface area (Å²) in [6.45, 7) is 6.18. The number of nitro benzene ring substituents is 1. The lowest BCUT2D eigenvalue weighted by Crippen LogP contribution is -2.30. The second-order valence-electron chi connectivity index (χ2n) is 7.42. The summed E-state index contributed by atoms with van der Waals surface area (Å²) in [5, 5.41) is 22.8. The highest BCUT2D eigenvalue weighted by Crippen LogP contribution is 2.27. The highest BCUT2D eigenvalue weighted by atomic mass is 35.5. The molecule has 0 heterocycles. The molecule has 0 fully saturated rings. The quantitative estimate of drug-likeness (QED) is 0.544. The zero-order chi connectivity index (χ0) is 21.1. The Kier molecular flexibility index (Phi) is 6.41. The lowest BCUT2D eigenvalue weighted by atomic mass is 9.86. The van der Waals surface area contributed by atoms with Crippen LogP contribution in [0.3, 0.4) is 0 Å². The number of nitrogens with zero attached hydrogens (tertiary/aromatic N) is 1. The molecule has 0 saturated heterocycles. The van der Waals surface area contributed by atoms with Crippen LogP contribution in [-0.2, 0) is 10.2 Å². The van der Waals surface area contributed by atoms with Gasteiger partial charge in [0.05, 0.1) is 28.0 Å². The molecule has 7 nitrogen and oxygen atoms in total. The van der Waals surface area contributed by atoms with E-state index in [1.54, 1.807) is 12.1 Å². The number of carboxylic acids is 1. The fraction of sp³-hybridized carbons (Fsp3) is 0.300. The van der Waals surface area contributed by atoms with Gasteiger partial charge in [-0.3, -0.25) is 19.7 Å². The predicted molar refractivity (Wildman–Crippen MR) is 106 cm³/mol. The first kappa shape index (κ1) is 21.4. The molecule has 2 aromatic carbocycles. The number of nitro groups is 1. The number of benzene rings is 2. The van der Waals surface area contributed by atoms with Crippen molar-refractivity contribution in [2.75, 3.05) is 0 Å². The van der Waals surface area contributed by atoms with Crippen molar-refractivity contribution in [3.05, 3.63) is 74.3 Å². The fourth-order valence-corrected chi connectivity index (χ4v) is 2.88. The highest BCUT2D eigenvalue weighted by molar-refractivity contribution is 6.34. The number of hydrogen-bond acceptors (Lipinski definition) is 4. The average molecular weight is 405 g/mol. The van der Waals surface area contributed by atoms with Crippen LogP contribution in [-0.4, -0.2) is 21.9 Å². The number of carboxylic acid groups (broad SMARTS) is 1. The maximum Gasteiger partial charge on any atom is 0.305 e. The summed E-state index contributed by atoms with van der Waals surface area (Å²) in [6, 6.07) is 10.0. The SMILES string of the molecule is CC(C)(C)c1ccc(C(CC(=O)O)NC(=O)c2cc([N+](=O)[O-])ccc2Cl)cc1. The van der Waals surface area contributed by atoms with Crippen molar-refractivity contribution in [1.29, 1.82) is 0 Å². The summed E-state index contributed by atoms with van der Waals surface area (Å²) < 4.78 is 0. The number of amides is 1. The molecule has 28 heavy (non-hydrogen) atoms. The Morgan fingerprint density at radius 3 is 2.29 bits per heavy atom. The molecular weight excluding hydrogens is 384 g/mol. The lowest BCUT2D eigenvalue weighted by molar-refractivity contribution is -0.384.